The van der Waals surface area contributed by atoms with Gasteiger partial charge in [-0.1, -0.05) is 67.6 Å². The summed E-state index contributed by atoms with van der Waals surface area (Å²) in [7, 11) is 0. The molecule has 1 atom stereocenters. The Morgan fingerprint density at radius 2 is 1.51 bits per heavy atom. The van der Waals surface area contributed by atoms with Gasteiger partial charge in [0.05, 0.1) is 6.42 Å². The number of carboxylic acid groups (broad SMARTS) is 1. The highest BCUT2D eigenvalue weighted by Gasteiger charge is 2.29. The molecule has 0 saturated heterocycles. The zero-order chi connectivity index (χ0) is 24.8. The second-order valence-corrected chi connectivity index (χ2v) is 8.59. The third-order valence-corrected chi connectivity index (χ3v) is 6.18. The number of alkyl carbamates (subject to hydrolysis) is 1. The Kier molecular flexibility index (Phi) is 7.45. The van der Waals surface area contributed by atoms with Crippen LogP contribution >= 0.6 is 0 Å². The van der Waals surface area contributed by atoms with Gasteiger partial charge in [-0.3, -0.25) is 9.59 Å². The number of carbonyl (C=O) groups excluding carboxylic acids is 2. The van der Waals surface area contributed by atoms with Crippen LogP contribution in [0.2, 0.25) is 0 Å². The first-order valence-corrected chi connectivity index (χ1v) is 11.7. The molecule has 3 aromatic rings. The minimum Gasteiger partial charge on any atom is -0.481 e. The molecule has 1 aliphatic rings. The Morgan fingerprint density at radius 1 is 0.914 bits per heavy atom. The molecule has 2 amide bonds. The quantitative estimate of drug-likeness (QED) is 0.408. The normalized spacial score (nSPS) is 12.8. The van der Waals surface area contributed by atoms with Gasteiger partial charge in [0.1, 0.15) is 6.61 Å². The summed E-state index contributed by atoms with van der Waals surface area (Å²) in [5.74, 6) is -1.19. The van der Waals surface area contributed by atoms with E-state index in [0.717, 1.165) is 22.3 Å². The number of hydrogen-bond acceptors (Lipinski definition) is 4. The maximum absolute atomic E-state index is 12.5. The van der Waals surface area contributed by atoms with Crippen LogP contribution in [0.15, 0.2) is 72.8 Å². The molecule has 35 heavy (non-hydrogen) atoms. The van der Waals surface area contributed by atoms with E-state index in [1.807, 2.05) is 31.2 Å². The Labute approximate surface area is 204 Å². The minimum absolute atomic E-state index is 0.0272. The average molecular weight is 473 g/mol. The fraction of sp³-hybridized carbons (Fsp3) is 0.250. The fourth-order valence-corrected chi connectivity index (χ4v) is 4.42. The molecular formula is C28H28N2O5. The number of fused-ring (bicyclic) bond motifs is 3. The molecule has 0 unspecified atom stereocenters. The van der Waals surface area contributed by atoms with E-state index in [9.17, 15) is 14.4 Å². The van der Waals surface area contributed by atoms with Crippen LogP contribution in [0.4, 0.5) is 10.5 Å². The van der Waals surface area contributed by atoms with Gasteiger partial charge in [0, 0.05) is 24.1 Å². The predicted molar refractivity (Wildman–Crippen MR) is 133 cm³/mol. The summed E-state index contributed by atoms with van der Waals surface area (Å²) < 4.78 is 5.59. The summed E-state index contributed by atoms with van der Waals surface area (Å²) in [4.78, 5) is 35.8. The Hall–Kier alpha value is -4.13. The number of anilines is 1. The van der Waals surface area contributed by atoms with E-state index in [0.29, 0.717) is 17.7 Å². The van der Waals surface area contributed by atoms with Gasteiger partial charge in [-0.15, -0.1) is 0 Å². The number of benzene rings is 3. The van der Waals surface area contributed by atoms with Crippen LogP contribution in [0.3, 0.4) is 0 Å². The summed E-state index contributed by atoms with van der Waals surface area (Å²) in [6, 6.07) is 22.6. The van der Waals surface area contributed by atoms with Crippen molar-refractivity contribution < 1.29 is 24.2 Å². The van der Waals surface area contributed by atoms with Gasteiger partial charge in [0.15, 0.2) is 0 Å². The largest absolute Gasteiger partial charge is 0.481 e. The molecule has 7 heteroatoms. The molecule has 180 valence electrons. The zero-order valence-electron chi connectivity index (χ0n) is 19.5. The maximum atomic E-state index is 12.5. The van der Waals surface area contributed by atoms with Crippen molar-refractivity contribution in [2.45, 2.75) is 38.1 Å². The summed E-state index contributed by atoms with van der Waals surface area (Å²) in [5, 5.41) is 14.4. The first kappa shape index (κ1) is 24.0. The molecule has 0 bridgehead atoms. The lowest BCUT2D eigenvalue weighted by atomic mass is 9.98. The van der Waals surface area contributed by atoms with E-state index in [2.05, 4.69) is 34.9 Å². The van der Waals surface area contributed by atoms with Crippen molar-refractivity contribution in [3.05, 3.63) is 89.5 Å². The van der Waals surface area contributed by atoms with E-state index < -0.39 is 12.1 Å². The number of carbonyl (C=O) groups is 3. The molecule has 3 N–H and O–H groups in total. The van der Waals surface area contributed by atoms with Gasteiger partial charge in [-0.25, -0.2) is 4.79 Å². The van der Waals surface area contributed by atoms with E-state index in [-0.39, 0.29) is 37.3 Å². The van der Waals surface area contributed by atoms with E-state index >= 15 is 0 Å². The maximum Gasteiger partial charge on any atom is 0.407 e. The molecule has 0 heterocycles. The van der Waals surface area contributed by atoms with Crippen LogP contribution in [0.5, 0.6) is 0 Å². The van der Waals surface area contributed by atoms with Gasteiger partial charge < -0.3 is 20.5 Å². The number of amides is 2. The lowest BCUT2D eigenvalue weighted by molar-refractivity contribution is -0.136. The third-order valence-electron chi connectivity index (χ3n) is 6.18. The second-order valence-electron chi connectivity index (χ2n) is 8.59. The Bertz CT molecular complexity index is 1180. The summed E-state index contributed by atoms with van der Waals surface area (Å²) in [5.41, 5.74) is 5.83. The molecule has 3 aromatic carbocycles. The molecule has 7 nitrogen and oxygen atoms in total. The van der Waals surface area contributed by atoms with Crippen molar-refractivity contribution in [1.82, 2.24) is 5.32 Å². The monoisotopic (exact) mass is 472 g/mol. The molecule has 0 fully saturated rings. The van der Waals surface area contributed by atoms with Crippen LogP contribution < -0.4 is 10.6 Å². The molecule has 0 aliphatic heterocycles. The molecule has 0 saturated carbocycles. The summed E-state index contributed by atoms with van der Waals surface area (Å²) in [6.07, 6.45) is 0.0349. The smallest absolute Gasteiger partial charge is 0.407 e. The third kappa shape index (κ3) is 5.87. The molecule has 0 spiro atoms. The number of aliphatic carboxylic acids is 1. The first-order valence-electron chi connectivity index (χ1n) is 11.7. The van der Waals surface area contributed by atoms with Gasteiger partial charge in [0.2, 0.25) is 5.91 Å². The Morgan fingerprint density at radius 3 is 2.09 bits per heavy atom. The highest BCUT2D eigenvalue weighted by Crippen LogP contribution is 2.44. The topological polar surface area (TPSA) is 105 Å². The molecule has 1 aliphatic carbocycles. The van der Waals surface area contributed by atoms with E-state index in [1.165, 1.54) is 0 Å². The summed E-state index contributed by atoms with van der Waals surface area (Å²) >= 11 is 0. The average Bonchev–Trinajstić information content (AvgIpc) is 3.17. The van der Waals surface area contributed by atoms with Crippen LogP contribution in [-0.2, 0) is 20.7 Å². The van der Waals surface area contributed by atoms with Crippen LogP contribution in [0, 0.1) is 0 Å². The molecule has 4 rings (SSSR count). The van der Waals surface area contributed by atoms with Gasteiger partial charge >= 0.3 is 12.1 Å². The second kappa shape index (κ2) is 10.9. The number of carboxylic acids is 1. The van der Waals surface area contributed by atoms with Crippen LogP contribution in [0.25, 0.3) is 11.1 Å². The van der Waals surface area contributed by atoms with Crippen molar-refractivity contribution in [1.29, 1.82) is 0 Å². The SMILES string of the molecule is CC[C@@H](CC(=O)Nc1ccc(CC(=O)O)cc1)NC(=O)OCC1c2ccccc2-c2ccccc21. The Balaban J connectivity index is 1.30. The first-order chi connectivity index (χ1) is 16.9. The molecule has 0 radical (unpaired) electrons. The van der Waals surface area contributed by atoms with E-state index in [4.69, 9.17) is 9.84 Å². The van der Waals surface area contributed by atoms with E-state index in [1.54, 1.807) is 24.3 Å². The van der Waals surface area contributed by atoms with Gasteiger partial charge in [0.25, 0.3) is 0 Å². The van der Waals surface area contributed by atoms with Crippen LogP contribution in [0.1, 0.15) is 42.4 Å². The van der Waals surface area contributed by atoms with Crippen molar-refractivity contribution in [3.63, 3.8) is 0 Å². The molecular weight excluding hydrogens is 444 g/mol. The number of hydrogen-bond donors (Lipinski definition) is 3. The summed E-state index contributed by atoms with van der Waals surface area (Å²) in [6.45, 7) is 2.10. The standard InChI is InChI=1S/C28H28N2O5/c1-2-19(16-26(31)29-20-13-11-18(12-14-20)15-27(32)33)30-28(34)35-17-25-23-9-5-3-7-21(23)22-8-4-6-10-24(22)25/h3-14,19,25H,2,15-17H2,1H3,(H,29,31)(H,30,34)(H,32,33)/t19-/m0/s1. The van der Waals surface area contributed by atoms with Crippen LogP contribution in [-0.4, -0.2) is 35.7 Å². The fourth-order valence-electron chi connectivity index (χ4n) is 4.42. The van der Waals surface area contributed by atoms with Crippen molar-refractivity contribution in [2.24, 2.45) is 0 Å². The number of nitrogens with one attached hydrogen (secondary N) is 2. The van der Waals surface area contributed by atoms with Gasteiger partial charge in [-0.2, -0.15) is 0 Å². The number of rotatable bonds is 9. The van der Waals surface area contributed by atoms with Crippen molar-refractivity contribution in [3.8, 4) is 11.1 Å². The lowest BCUT2D eigenvalue weighted by Crippen LogP contribution is -2.38. The lowest BCUT2D eigenvalue weighted by Gasteiger charge is -2.19. The molecule has 0 aromatic heterocycles. The highest BCUT2D eigenvalue weighted by atomic mass is 16.5. The predicted octanol–water partition coefficient (Wildman–Crippen LogP) is 4.96. The number of ether oxygens (including phenoxy) is 1. The zero-order valence-corrected chi connectivity index (χ0v) is 19.5. The van der Waals surface area contributed by atoms with Gasteiger partial charge in [-0.05, 0) is 46.4 Å². The highest BCUT2D eigenvalue weighted by molar-refractivity contribution is 5.91. The van der Waals surface area contributed by atoms with Crippen molar-refractivity contribution >= 4 is 23.7 Å². The van der Waals surface area contributed by atoms with Crippen molar-refractivity contribution in [2.75, 3.05) is 11.9 Å². The minimum atomic E-state index is -0.910.